The number of nitrogens with zero attached hydrogens (tertiary/aromatic N) is 1. The molecule has 3 rings (SSSR count). The van der Waals surface area contributed by atoms with Crippen molar-refractivity contribution in [3.05, 3.63) is 81.3 Å². The highest BCUT2D eigenvalue weighted by molar-refractivity contribution is 7.15. The van der Waals surface area contributed by atoms with Crippen LogP contribution < -0.4 is 10.6 Å². The molecular formula is C18H16ClN3OS. The molecule has 1 aromatic heterocycles. The number of hydrogen-bond donors (Lipinski definition) is 2. The van der Waals surface area contributed by atoms with Gasteiger partial charge in [-0.25, -0.2) is 4.98 Å². The topological polar surface area (TPSA) is 54.0 Å². The second-order valence-electron chi connectivity index (χ2n) is 5.18. The van der Waals surface area contributed by atoms with Crippen LogP contribution in [-0.2, 0) is 13.1 Å². The monoisotopic (exact) mass is 357 g/mol. The molecule has 1 heterocycles. The van der Waals surface area contributed by atoms with E-state index < -0.39 is 0 Å². The van der Waals surface area contributed by atoms with E-state index in [1.54, 1.807) is 6.20 Å². The van der Waals surface area contributed by atoms with Gasteiger partial charge in [0.05, 0.1) is 6.54 Å². The van der Waals surface area contributed by atoms with Crippen LogP contribution in [0, 0.1) is 0 Å². The maximum absolute atomic E-state index is 12.2. The lowest BCUT2D eigenvalue weighted by atomic mass is 10.1. The fraction of sp³-hybridized carbons (Fsp3) is 0.111. The van der Waals surface area contributed by atoms with Gasteiger partial charge in [-0.2, -0.15) is 0 Å². The number of carbonyl (C=O) groups is 1. The lowest BCUT2D eigenvalue weighted by Crippen LogP contribution is -2.22. The molecule has 0 atom stereocenters. The van der Waals surface area contributed by atoms with E-state index in [2.05, 4.69) is 15.6 Å². The molecule has 0 radical (unpaired) electrons. The number of aromatic nitrogens is 1. The van der Waals surface area contributed by atoms with Gasteiger partial charge in [0, 0.05) is 28.9 Å². The van der Waals surface area contributed by atoms with Crippen molar-refractivity contribution in [1.29, 1.82) is 0 Å². The minimum atomic E-state index is -0.0837. The van der Waals surface area contributed by atoms with Gasteiger partial charge in [-0.3, -0.25) is 4.79 Å². The highest BCUT2D eigenvalue weighted by Crippen LogP contribution is 2.19. The summed E-state index contributed by atoms with van der Waals surface area (Å²) in [6.45, 7) is 1.18. The third-order valence-corrected chi connectivity index (χ3v) is 4.55. The maximum atomic E-state index is 12.2. The zero-order chi connectivity index (χ0) is 16.8. The van der Waals surface area contributed by atoms with Crippen molar-refractivity contribution in [2.75, 3.05) is 5.32 Å². The number of anilines is 1. The second kappa shape index (κ2) is 7.95. The van der Waals surface area contributed by atoms with Crippen molar-refractivity contribution in [1.82, 2.24) is 10.3 Å². The summed E-state index contributed by atoms with van der Waals surface area (Å²) in [4.78, 5) is 17.2. The molecule has 1 amide bonds. The van der Waals surface area contributed by atoms with Gasteiger partial charge < -0.3 is 10.6 Å². The molecule has 0 saturated heterocycles. The summed E-state index contributed by atoms with van der Waals surface area (Å²) in [6, 6.07) is 17.2. The summed E-state index contributed by atoms with van der Waals surface area (Å²) in [5, 5.41) is 6.19. The summed E-state index contributed by atoms with van der Waals surface area (Å²) < 4.78 is 0.539. The Morgan fingerprint density at radius 2 is 1.79 bits per heavy atom. The molecule has 0 fully saturated rings. The van der Waals surface area contributed by atoms with E-state index in [-0.39, 0.29) is 5.91 Å². The molecule has 24 heavy (non-hydrogen) atoms. The molecule has 2 N–H and O–H groups in total. The second-order valence-corrected chi connectivity index (χ2v) is 6.88. The molecule has 0 spiro atoms. The van der Waals surface area contributed by atoms with Gasteiger partial charge >= 0.3 is 0 Å². The van der Waals surface area contributed by atoms with Gasteiger partial charge in [0.15, 0.2) is 4.47 Å². The molecular weight excluding hydrogens is 342 g/mol. The van der Waals surface area contributed by atoms with Crippen LogP contribution in [0.15, 0.2) is 60.8 Å². The Kier molecular flexibility index (Phi) is 5.46. The smallest absolute Gasteiger partial charge is 0.251 e. The Bertz CT molecular complexity index is 803. The van der Waals surface area contributed by atoms with E-state index in [1.807, 2.05) is 54.6 Å². The molecule has 122 valence electrons. The van der Waals surface area contributed by atoms with Gasteiger partial charge in [-0.1, -0.05) is 41.9 Å². The predicted octanol–water partition coefficient (Wildman–Crippen LogP) is 4.34. The van der Waals surface area contributed by atoms with Crippen molar-refractivity contribution in [2.45, 2.75) is 13.1 Å². The fourth-order valence-electron chi connectivity index (χ4n) is 2.17. The fourth-order valence-corrected chi connectivity index (χ4v) is 3.09. The van der Waals surface area contributed by atoms with Gasteiger partial charge in [-0.15, -0.1) is 11.3 Å². The molecule has 0 bridgehead atoms. The first-order valence-electron chi connectivity index (χ1n) is 7.47. The number of rotatable bonds is 6. The minimum absolute atomic E-state index is 0.0837. The van der Waals surface area contributed by atoms with E-state index >= 15 is 0 Å². The minimum Gasteiger partial charge on any atom is -0.380 e. The Morgan fingerprint density at radius 3 is 2.46 bits per heavy atom. The molecule has 0 unspecified atom stereocenters. The van der Waals surface area contributed by atoms with Crippen LogP contribution in [0.4, 0.5) is 5.69 Å². The highest BCUT2D eigenvalue weighted by Gasteiger charge is 2.05. The maximum Gasteiger partial charge on any atom is 0.251 e. The van der Waals surface area contributed by atoms with Crippen LogP contribution in [0.5, 0.6) is 0 Å². The normalized spacial score (nSPS) is 10.4. The lowest BCUT2D eigenvalue weighted by Gasteiger charge is -2.07. The summed E-state index contributed by atoms with van der Waals surface area (Å²) in [5.74, 6) is -0.0837. The van der Waals surface area contributed by atoms with Gasteiger partial charge in [0.25, 0.3) is 5.91 Å². The van der Waals surface area contributed by atoms with Crippen molar-refractivity contribution in [2.24, 2.45) is 0 Å². The summed E-state index contributed by atoms with van der Waals surface area (Å²) in [6.07, 6.45) is 1.76. The van der Waals surface area contributed by atoms with Crippen LogP contribution in [0.1, 0.15) is 20.8 Å². The average molecular weight is 358 g/mol. The lowest BCUT2D eigenvalue weighted by molar-refractivity contribution is 0.0951. The first kappa shape index (κ1) is 16.5. The van der Waals surface area contributed by atoms with Gasteiger partial charge in [0.2, 0.25) is 0 Å². The van der Waals surface area contributed by atoms with Crippen LogP contribution in [0.2, 0.25) is 4.47 Å². The van der Waals surface area contributed by atoms with Crippen LogP contribution in [-0.4, -0.2) is 10.9 Å². The molecule has 4 nitrogen and oxygen atoms in total. The SMILES string of the molecule is O=C(NCc1ccccc1)c1ccc(NCc2cnc(Cl)s2)cc1. The summed E-state index contributed by atoms with van der Waals surface area (Å²) in [7, 11) is 0. The molecule has 0 aliphatic carbocycles. The Morgan fingerprint density at radius 1 is 1.04 bits per heavy atom. The van der Waals surface area contributed by atoms with Crippen LogP contribution in [0.3, 0.4) is 0 Å². The number of amides is 1. The predicted molar refractivity (Wildman–Crippen MR) is 98.5 cm³/mol. The Hall–Kier alpha value is -2.37. The first-order chi connectivity index (χ1) is 11.7. The first-order valence-corrected chi connectivity index (χ1v) is 8.66. The summed E-state index contributed by atoms with van der Waals surface area (Å²) >= 11 is 7.25. The number of nitrogens with one attached hydrogen (secondary N) is 2. The highest BCUT2D eigenvalue weighted by atomic mass is 35.5. The molecule has 6 heteroatoms. The zero-order valence-corrected chi connectivity index (χ0v) is 14.4. The van der Waals surface area contributed by atoms with E-state index in [0.29, 0.717) is 23.1 Å². The van der Waals surface area contributed by atoms with Crippen molar-refractivity contribution in [3.8, 4) is 0 Å². The molecule has 3 aromatic rings. The Labute approximate surface area is 149 Å². The molecule has 0 aliphatic heterocycles. The van der Waals surface area contributed by atoms with E-state index in [1.165, 1.54) is 11.3 Å². The van der Waals surface area contributed by atoms with E-state index in [9.17, 15) is 4.79 Å². The summed E-state index contributed by atoms with van der Waals surface area (Å²) in [5.41, 5.74) is 2.66. The van der Waals surface area contributed by atoms with Gasteiger partial charge in [-0.05, 0) is 29.8 Å². The average Bonchev–Trinajstić information content (AvgIpc) is 3.04. The van der Waals surface area contributed by atoms with E-state index in [4.69, 9.17) is 11.6 Å². The van der Waals surface area contributed by atoms with Crippen molar-refractivity contribution >= 4 is 34.5 Å². The third kappa shape index (κ3) is 4.57. The zero-order valence-electron chi connectivity index (χ0n) is 12.8. The molecule has 2 aromatic carbocycles. The van der Waals surface area contributed by atoms with Crippen LogP contribution >= 0.6 is 22.9 Å². The number of hydrogen-bond acceptors (Lipinski definition) is 4. The van der Waals surface area contributed by atoms with E-state index in [0.717, 1.165) is 16.1 Å². The quantitative estimate of drug-likeness (QED) is 0.690. The number of thiazole rings is 1. The van der Waals surface area contributed by atoms with Crippen molar-refractivity contribution < 1.29 is 4.79 Å². The largest absolute Gasteiger partial charge is 0.380 e. The van der Waals surface area contributed by atoms with Gasteiger partial charge in [0.1, 0.15) is 0 Å². The van der Waals surface area contributed by atoms with Crippen LogP contribution in [0.25, 0.3) is 0 Å². The van der Waals surface area contributed by atoms with Crippen molar-refractivity contribution in [3.63, 3.8) is 0 Å². The molecule has 0 saturated carbocycles. The number of benzene rings is 2. The molecule has 0 aliphatic rings. The third-order valence-electron chi connectivity index (χ3n) is 3.44. The number of carbonyl (C=O) groups excluding carboxylic acids is 1. The Balaban J connectivity index is 1.52. The standard InChI is InChI=1S/C18H16ClN3OS/c19-18-22-12-16(24-18)11-20-15-8-6-14(7-9-15)17(23)21-10-13-4-2-1-3-5-13/h1-9,12,20H,10-11H2,(H,21,23). The number of halogens is 1.